The monoisotopic (exact) mass is 258 g/mol. The first-order chi connectivity index (χ1) is 9.28. The van der Waals surface area contributed by atoms with Crippen molar-refractivity contribution in [2.75, 3.05) is 6.79 Å². The molecule has 1 heterocycles. The normalized spacial score (nSPS) is 13.1. The number of rotatable bonds is 4. The van der Waals surface area contributed by atoms with E-state index in [0.717, 1.165) is 40.7 Å². The predicted octanol–water partition coefficient (Wildman–Crippen LogP) is 4.01. The molecule has 3 heteroatoms. The van der Waals surface area contributed by atoms with Crippen LogP contribution in [-0.2, 0) is 6.42 Å². The van der Waals surface area contributed by atoms with Crippen molar-refractivity contribution < 1.29 is 14.6 Å². The van der Waals surface area contributed by atoms with Crippen LogP contribution in [0.2, 0.25) is 0 Å². The standard InChI is InChI=1S/C16H18O3/c1-2-3-4-5-11-6-12-8-15-16(19-10-18-15)9-13(12)7-14(11)17/h6-9,17H,2-5,10H2,1H3. The lowest BCUT2D eigenvalue weighted by Gasteiger charge is -2.08. The van der Waals surface area contributed by atoms with Crippen molar-refractivity contribution in [1.29, 1.82) is 0 Å². The van der Waals surface area contributed by atoms with Crippen molar-refractivity contribution >= 4 is 10.8 Å². The third kappa shape index (κ3) is 2.33. The quantitative estimate of drug-likeness (QED) is 0.842. The Kier molecular flexibility index (Phi) is 3.20. The molecule has 19 heavy (non-hydrogen) atoms. The number of phenols is 1. The van der Waals surface area contributed by atoms with Crippen molar-refractivity contribution in [3.63, 3.8) is 0 Å². The number of aromatic hydroxyl groups is 1. The predicted molar refractivity (Wildman–Crippen MR) is 75.0 cm³/mol. The number of aryl methyl sites for hydroxylation is 1. The van der Waals surface area contributed by atoms with Crippen molar-refractivity contribution in [2.45, 2.75) is 32.6 Å². The van der Waals surface area contributed by atoms with Gasteiger partial charge in [0.2, 0.25) is 6.79 Å². The third-order valence-electron chi connectivity index (χ3n) is 3.58. The van der Waals surface area contributed by atoms with E-state index in [1.54, 1.807) is 0 Å². The molecular formula is C16H18O3. The molecule has 0 fully saturated rings. The van der Waals surface area contributed by atoms with E-state index in [4.69, 9.17) is 9.47 Å². The van der Waals surface area contributed by atoms with Crippen LogP contribution in [0.1, 0.15) is 31.7 Å². The highest BCUT2D eigenvalue weighted by atomic mass is 16.7. The number of fused-ring (bicyclic) bond motifs is 2. The largest absolute Gasteiger partial charge is 0.508 e. The van der Waals surface area contributed by atoms with Gasteiger partial charge in [0, 0.05) is 0 Å². The summed E-state index contributed by atoms with van der Waals surface area (Å²) in [5.74, 6) is 1.92. The summed E-state index contributed by atoms with van der Waals surface area (Å²) in [4.78, 5) is 0. The van der Waals surface area contributed by atoms with Crippen LogP contribution in [0.15, 0.2) is 24.3 Å². The van der Waals surface area contributed by atoms with Gasteiger partial charge in [-0.05, 0) is 53.4 Å². The Morgan fingerprint density at radius 3 is 2.37 bits per heavy atom. The van der Waals surface area contributed by atoms with Gasteiger partial charge in [-0.15, -0.1) is 0 Å². The van der Waals surface area contributed by atoms with Gasteiger partial charge in [-0.2, -0.15) is 0 Å². The van der Waals surface area contributed by atoms with Gasteiger partial charge in [-0.25, -0.2) is 0 Å². The van der Waals surface area contributed by atoms with Gasteiger partial charge >= 0.3 is 0 Å². The van der Waals surface area contributed by atoms with Gasteiger partial charge in [0.1, 0.15) is 5.75 Å². The maximum Gasteiger partial charge on any atom is 0.231 e. The van der Waals surface area contributed by atoms with Crippen LogP contribution < -0.4 is 9.47 Å². The molecule has 1 aliphatic heterocycles. The lowest BCUT2D eigenvalue weighted by atomic mass is 10.0. The van der Waals surface area contributed by atoms with E-state index < -0.39 is 0 Å². The zero-order valence-corrected chi connectivity index (χ0v) is 11.1. The highest BCUT2D eigenvalue weighted by Gasteiger charge is 2.15. The molecule has 0 aliphatic carbocycles. The SMILES string of the molecule is CCCCCc1cc2cc3c(cc2cc1O)OCO3. The summed E-state index contributed by atoms with van der Waals surface area (Å²) < 4.78 is 10.7. The molecule has 0 spiro atoms. The minimum Gasteiger partial charge on any atom is -0.508 e. The van der Waals surface area contributed by atoms with E-state index in [1.807, 2.05) is 18.2 Å². The molecular weight excluding hydrogens is 240 g/mol. The van der Waals surface area contributed by atoms with Crippen LogP contribution in [0.3, 0.4) is 0 Å². The Labute approximate surface area is 112 Å². The first-order valence-corrected chi connectivity index (χ1v) is 6.83. The fourth-order valence-electron chi connectivity index (χ4n) is 2.49. The first-order valence-electron chi connectivity index (χ1n) is 6.83. The Morgan fingerprint density at radius 2 is 1.68 bits per heavy atom. The Bertz CT molecular complexity index is 604. The molecule has 100 valence electrons. The molecule has 1 N–H and O–H groups in total. The molecule has 1 aliphatic rings. The van der Waals surface area contributed by atoms with Gasteiger partial charge in [0.25, 0.3) is 0 Å². The summed E-state index contributed by atoms with van der Waals surface area (Å²) in [5, 5.41) is 12.2. The summed E-state index contributed by atoms with van der Waals surface area (Å²) in [6, 6.07) is 7.79. The number of unbranched alkanes of at least 4 members (excludes halogenated alkanes) is 2. The van der Waals surface area contributed by atoms with Crippen molar-refractivity contribution in [3.05, 3.63) is 29.8 Å². The molecule has 0 radical (unpaired) electrons. The molecule has 0 saturated carbocycles. The van der Waals surface area contributed by atoms with E-state index in [2.05, 4.69) is 13.0 Å². The molecule has 0 bridgehead atoms. The number of benzene rings is 2. The fraction of sp³-hybridized carbons (Fsp3) is 0.375. The highest BCUT2D eigenvalue weighted by Crippen LogP contribution is 2.38. The van der Waals surface area contributed by atoms with E-state index in [0.29, 0.717) is 5.75 Å². The second-order valence-corrected chi connectivity index (χ2v) is 4.99. The minimum atomic E-state index is 0.279. The fourth-order valence-corrected chi connectivity index (χ4v) is 2.49. The number of phenolic OH excluding ortho intramolecular Hbond substituents is 1. The molecule has 3 rings (SSSR count). The number of hydrogen-bond donors (Lipinski definition) is 1. The van der Waals surface area contributed by atoms with Gasteiger partial charge in [0.05, 0.1) is 0 Å². The smallest absolute Gasteiger partial charge is 0.231 e. The maximum atomic E-state index is 10.1. The van der Waals surface area contributed by atoms with Crippen LogP contribution in [-0.4, -0.2) is 11.9 Å². The summed E-state index contributed by atoms with van der Waals surface area (Å²) in [6.07, 6.45) is 4.41. The van der Waals surface area contributed by atoms with Crippen LogP contribution >= 0.6 is 0 Å². The number of ether oxygens (including phenoxy) is 2. The average Bonchev–Trinajstić information content (AvgIpc) is 2.84. The van der Waals surface area contributed by atoms with Crippen LogP contribution in [0.5, 0.6) is 17.2 Å². The van der Waals surface area contributed by atoms with Crippen LogP contribution in [0, 0.1) is 0 Å². The third-order valence-corrected chi connectivity index (χ3v) is 3.58. The Balaban J connectivity index is 1.97. The van der Waals surface area contributed by atoms with E-state index in [9.17, 15) is 5.11 Å². The van der Waals surface area contributed by atoms with E-state index in [1.165, 1.54) is 12.8 Å². The molecule has 2 aromatic carbocycles. The summed E-state index contributed by atoms with van der Waals surface area (Å²) in [6.45, 7) is 2.46. The lowest BCUT2D eigenvalue weighted by Crippen LogP contribution is -1.92. The summed E-state index contributed by atoms with van der Waals surface area (Å²) >= 11 is 0. The second kappa shape index (κ2) is 5.00. The first kappa shape index (κ1) is 12.2. The highest BCUT2D eigenvalue weighted by molar-refractivity contribution is 5.88. The molecule has 0 saturated heterocycles. The second-order valence-electron chi connectivity index (χ2n) is 4.99. The van der Waals surface area contributed by atoms with Crippen molar-refractivity contribution in [2.24, 2.45) is 0 Å². The average molecular weight is 258 g/mol. The van der Waals surface area contributed by atoms with Crippen molar-refractivity contribution in [1.82, 2.24) is 0 Å². The molecule has 0 atom stereocenters. The van der Waals surface area contributed by atoms with Gasteiger partial charge < -0.3 is 14.6 Å². The minimum absolute atomic E-state index is 0.279. The van der Waals surface area contributed by atoms with Gasteiger partial charge in [0.15, 0.2) is 11.5 Å². The summed E-state index contributed by atoms with van der Waals surface area (Å²) in [5.41, 5.74) is 1.01. The molecule has 0 amide bonds. The van der Waals surface area contributed by atoms with Gasteiger partial charge in [-0.1, -0.05) is 19.8 Å². The van der Waals surface area contributed by atoms with E-state index >= 15 is 0 Å². The van der Waals surface area contributed by atoms with Crippen LogP contribution in [0.4, 0.5) is 0 Å². The lowest BCUT2D eigenvalue weighted by molar-refractivity contribution is 0.174. The molecule has 0 unspecified atom stereocenters. The van der Waals surface area contributed by atoms with E-state index in [-0.39, 0.29) is 6.79 Å². The Hall–Kier alpha value is -1.90. The van der Waals surface area contributed by atoms with Gasteiger partial charge in [-0.3, -0.25) is 0 Å². The molecule has 0 aromatic heterocycles. The topological polar surface area (TPSA) is 38.7 Å². The molecule has 2 aromatic rings. The summed E-state index contributed by atoms with van der Waals surface area (Å²) in [7, 11) is 0. The van der Waals surface area contributed by atoms with Crippen LogP contribution in [0.25, 0.3) is 10.8 Å². The zero-order valence-electron chi connectivity index (χ0n) is 11.1. The van der Waals surface area contributed by atoms with Crippen molar-refractivity contribution in [3.8, 4) is 17.2 Å². The maximum absolute atomic E-state index is 10.1. The Morgan fingerprint density at radius 1 is 1.00 bits per heavy atom. The molecule has 3 nitrogen and oxygen atoms in total. The zero-order chi connectivity index (χ0) is 13.2. The number of hydrogen-bond acceptors (Lipinski definition) is 3.